The van der Waals surface area contributed by atoms with E-state index in [4.69, 9.17) is 0 Å². The summed E-state index contributed by atoms with van der Waals surface area (Å²) in [4.78, 5) is 0. The van der Waals surface area contributed by atoms with Gasteiger partial charge in [0.05, 0.1) is 12.0 Å². The van der Waals surface area contributed by atoms with E-state index >= 15 is 0 Å². The second-order valence-corrected chi connectivity index (χ2v) is 6.82. The Labute approximate surface area is 125 Å². The van der Waals surface area contributed by atoms with Crippen LogP contribution < -0.4 is 0 Å². The van der Waals surface area contributed by atoms with Crippen molar-refractivity contribution >= 4 is 0 Å². The SMILES string of the molecule is CCCCC1C(C(C)C#N)=CC(C)=CC[C@H]1CC(C)C. The molecule has 1 nitrogen and oxygen atoms in total. The second kappa shape index (κ2) is 8.30. The first-order valence-corrected chi connectivity index (χ1v) is 8.27. The molecular weight excluding hydrogens is 242 g/mol. The van der Waals surface area contributed by atoms with Gasteiger partial charge in [0.1, 0.15) is 0 Å². The lowest BCUT2D eigenvalue weighted by molar-refractivity contribution is 0.289. The minimum absolute atomic E-state index is 0.0490. The van der Waals surface area contributed by atoms with Crippen LogP contribution in [0.1, 0.15) is 66.7 Å². The lowest BCUT2D eigenvalue weighted by Crippen LogP contribution is -2.21. The summed E-state index contributed by atoms with van der Waals surface area (Å²) in [5, 5.41) is 9.37. The van der Waals surface area contributed by atoms with E-state index in [1.807, 2.05) is 0 Å². The monoisotopic (exact) mass is 273 g/mol. The van der Waals surface area contributed by atoms with Crippen LogP contribution in [-0.2, 0) is 0 Å². The maximum atomic E-state index is 9.37. The summed E-state index contributed by atoms with van der Waals surface area (Å²) in [6.07, 6.45) is 10.9. The molecule has 0 aromatic carbocycles. The zero-order valence-corrected chi connectivity index (χ0v) is 13.9. The Morgan fingerprint density at radius 1 is 1.35 bits per heavy atom. The average molecular weight is 273 g/mol. The van der Waals surface area contributed by atoms with Crippen molar-refractivity contribution in [3.8, 4) is 6.07 Å². The third kappa shape index (κ3) is 4.82. The second-order valence-electron chi connectivity index (χ2n) is 6.82. The normalized spacial score (nSPS) is 24.6. The summed E-state index contributed by atoms with van der Waals surface area (Å²) >= 11 is 0. The molecule has 0 amide bonds. The van der Waals surface area contributed by atoms with Crippen LogP contribution >= 0.6 is 0 Å². The molecule has 1 heteroatoms. The minimum atomic E-state index is 0.0490. The van der Waals surface area contributed by atoms with Gasteiger partial charge >= 0.3 is 0 Å². The standard InChI is InChI=1S/C19H31N/c1-6-7-8-18-17(11-14(2)3)10-9-15(4)12-19(18)16(5)13-20/h9,12,14,16-18H,6-8,10-11H2,1-5H3/t16?,17-,18?/m0/s1. The zero-order chi connectivity index (χ0) is 15.1. The van der Waals surface area contributed by atoms with Crippen LogP contribution in [0.25, 0.3) is 0 Å². The van der Waals surface area contributed by atoms with Crippen molar-refractivity contribution in [2.24, 2.45) is 23.7 Å². The molecule has 3 atom stereocenters. The van der Waals surface area contributed by atoms with Gasteiger partial charge in [0.15, 0.2) is 0 Å². The molecule has 20 heavy (non-hydrogen) atoms. The van der Waals surface area contributed by atoms with E-state index in [-0.39, 0.29) is 5.92 Å². The molecule has 1 aliphatic carbocycles. The Balaban J connectivity index is 3.05. The van der Waals surface area contributed by atoms with Crippen LogP contribution in [0.15, 0.2) is 23.3 Å². The molecule has 0 N–H and O–H groups in total. The van der Waals surface area contributed by atoms with Crippen LogP contribution in [0.5, 0.6) is 0 Å². The van der Waals surface area contributed by atoms with E-state index in [2.05, 4.69) is 52.8 Å². The van der Waals surface area contributed by atoms with E-state index in [0.29, 0.717) is 11.8 Å². The van der Waals surface area contributed by atoms with Gasteiger partial charge in [-0.25, -0.2) is 0 Å². The van der Waals surface area contributed by atoms with Gasteiger partial charge in [-0.15, -0.1) is 0 Å². The summed E-state index contributed by atoms with van der Waals surface area (Å²) in [6.45, 7) is 11.1. The fourth-order valence-electron chi connectivity index (χ4n) is 3.42. The number of nitrogens with zero attached hydrogens (tertiary/aromatic N) is 1. The average Bonchev–Trinajstić information content (AvgIpc) is 2.55. The quantitative estimate of drug-likeness (QED) is 0.592. The highest BCUT2D eigenvalue weighted by Gasteiger charge is 2.29. The molecule has 0 aliphatic heterocycles. The first kappa shape index (κ1) is 17.0. The van der Waals surface area contributed by atoms with E-state index in [9.17, 15) is 5.26 Å². The molecular formula is C19H31N. The van der Waals surface area contributed by atoms with Crippen molar-refractivity contribution in [2.75, 3.05) is 0 Å². The Bertz CT molecular complexity index is 394. The highest BCUT2D eigenvalue weighted by atomic mass is 14.4. The van der Waals surface area contributed by atoms with Gasteiger partial charge in [-0.3, -0.25) is 0 Å². The maximum Gasteiger partial charge on any atom is 0.0697 e. The molecule has 0 bridgehead atoms. The van der Waals surface area contributed by atoms with Crippen LogP contribution in [0, 0.1) is 35.0 Å². The number of nitriles is 1. The molecule has 112 valence electrons. The van der Waals surface area contributed by atoms with Gasteiger partial charge in [0.25, 0.3) is 0 Å². The van der Waals surface area contributed by atoms with Crippen LogP contribution in [0.4, 0.5) is 0 Å². The van der Waals surface area contributed by atoms with E-state index in [0.717, 1.165) is 5.92 Å². The highest BCUT2D eigenvalue weighted by Crippen LogP contribution is 2.39. The van der Waals surface area contributed by atoms with Crippen LogP contribution in [0.3, 0.4) is 0 Å². The van der Waals surface area contributed by atoms with Crippen molar-refractivity contribution in [2.45, 2.75) is 66.7 Å². The minimum Gasteiger partial charge on any atom is -0.198 e. The molecule has 0 spiro atoms. The molecule has 0 saturated heterocycles. The smallest absolute Gasteiger partial charge is 0.0697 e. The van der Waals surface area contributed by atoms with Crippen LogP contribution in [0.2, 0.25) is 0 Å². The molecule has 1 rings (SSSR count). The largest absolute Gasteiger partial charge is 0.198 e. The number of allylic oxidation sites excluding steroid dienone is 4. The summed E-state index contributed by atoms with van der Waals surface area (Å²) in [5.74, 6) is 2.09. The summed E-state index contributed by atoms with van der Waals surface area (Å²) in [7, 11) is 0. The van der Waals surface area contributed by atoms with E-state index in [1.165, 1.54) is 43.3 Å². The van der Waals surface area contributed by atoms with Crippen molar-refractivity contribution in [1.29, 1.82) is 5.26 Å². The predicted molar refractivity (Wildman–Crippen MR) is 87.2 cm³/mol. The molecule has 0 aromatic heterocycles. The summed E-state index contributed by atoms with van der Waals surface area (Å²) in [6, 6.07) is 2.47. The first-order chi connectivity index (χ1) is 9.49. The van der Waals surface area contributed by atoms with Crippen molar-refractivity contribution < 1.29 is 0 Å². The Kier molecular flexibility index (Phi) is 7.06. The van der Waals surface area contributed by atoms with Gasteiger partial charge in [-0.1, -0.05) is 51.3 Å². The lowest BCUT2D eigenvalue weighted by atomic mass is 9.74. The number of rotatable bonds is 6. The summed E-state index contributed by atoms with van der Waals surface area (Å²) < 4.78 is 0. The molecule has 0 saturated carbocycles. The first-order valence-electron chi connectivity index (χ1n) is 8.27. The number of hydrogen-bond donors (Lipinski definition) is 0. The van der Waals surface area contributed by atoms with Crippen molar-refractivity contribution in [3.05, 3.63) is 23.3 Å². The van der Waals surface area contributed by atoms with Gasteiger partial charge in [-0.05, 0) is 56.4 Å². The van der Waals surface area contributed by atoms with Gasteiger partial charge < -0.3 is 0 Å². The highest BCUT2D eigenvalue weighted by molar-refractivity contribution is 5.30. The molecule has 0 fully saturated rings. The molecule has 0 aromatic rings. The Hall–Kier alpha value is -1.03. The topological polar surface area (TPSA) is 23.8 Å². The van der Waals surface area contributed by atoms with E-state index in [1.54, 1.807) is 0 Å². The Morgan fingerprint density at radius 3 is 2.60 bits per heavy atom. The lowest BCUT2D eigenvalue weighted by Gasteiger charge is -2.30. The number of hydrogen-bond acceptors (Lipinski definition) is 1. The number of unbranched alkanes of at least 4 members (excludes halogenated alkanes) is 1. The van der Waals surface area contributed by atoms with Crippen LogP contribution in [-0.4, -0.2) is 0 Å². The third-order valence-corrected chi connectivity index (χ3v) is 4.47. The van der Waals surface area contributed by atoms with Gasteiger partial charge in [-0.2, -0.15) is 5.26 Å². The van der Waals surface area contributed by atoms with Crippen molar-refractivity contribution in [3.63, 3.8) is 0 Å². The molecule has 0 heterocycles. The fraction of sp³-hybridized carbons (Fsp3) is 0.737. The third-order valence-electron chi connectivity index (χ3n) is 4.47. The Morgan fingerprint density at radius 2 is 2.05 bits per heavy atom. The van der Waals surface area contributed by atoms with E-state index < -0.39 is 0 Å². The fourth-order valence-corrected chi connectivity index (χ4v) is 3.42. The summed E-state index contributed by atoms with van der Waals surface area (Å²) in [5.41, 5.74) is 2.73. The van der Waals surface area contributed by atoms with Crippen molar-refractivity contribution in [1.82, 2.24) is 0 Å². The molecule has 1 aliphatic rings. The zero-order valence-electron chi connectivity index (χ0n) is 13.9. The molecule has 0 radical (unpaired) electrons. The maximum absolute atomic E-state index is 9.37. The van der Waals surface area contributed by atoms with Gasteiger partial charge in [0.2, 0.25) is 0 Å². The van der Waals surface area contributed by atoms with Gasteiger partial charge in [0, 0.05) is 0 Å². The predicted octanol–water partition coefficient (Wildman–Crippen LogP) is 5.89. The molecule has 2 unspecified atom stereocenters.